The van der Waals surface area contributed by atoms with Gasteiger partial charge in [0.1, 0.15) is 18.1 Å². The van der Waals surface area contributed by atoms with Crippen LogP contribution in [0.25, 0.3) is 0 Å². The van der Waals surface area contributed by atoms with Crippen molar-refractivity contribution in [2.45, 2.75) is 27.4 Å². The molecule has 0 atom stereocenters. The number of amides is 2. The second-order valence-electron chi connectivity index (χ2n) is 7.32. The molecular formula is C26H27N3O4. The third-order valence-corrected chi connectivity index (χ3v) is 4.76. The van der Waals surface area contributed by atoms with Gasteiger partial charge in [-0.25, -0.2) is 5.43 Å². The SMILES string of the molecule is CCOc1ccccc1NC(=O)C(=O)N/N=C(\C)c1ccc(OCc2ccc(C)cc2)cc1. The maximum atomic E-state index is 12.2. The van der Waals surface area contributed by atoms with Gasteiger partial charge in [-0.15, -0.1) is 0 Å². The summed E-state index contributed by atoms with van der Waals surface area (Å²) in [7, 11) is 0. The minimum Gasteiger partial charge on any atom is -0.492 e. The Morgan fingerprint density at radius 2 is 1.58 bits per heavy atom. The molecule has 7 heteroatoms. The van der Waals surface area contributed by atoms with Gasteiger partial charge in [0.05, 0.1) is 18.0 Å². The molecule has 7 nitrogen and oxygen atoms in total. The highest BCUT2D eigenvalue weighted by Gasteiger charge is 2.15. The van der Waals surface area contributed by atoms with Crippen LogP contribution in [0.1, 0.15) is 30.5 Å². The summed E-state index contributed by atoms with van der Waals surface area (Å²) in [6, 6.07) is 22.4. The summed E-state index contributed by atoms with van der Waals surface area (Å²) in [5, 5.41) is 6.57. The topological polar surface area (TPSA) is 89.0 Å². The quantitative estimate of drug-likeness (QED) is 0.305. The average Bonchev–Trinajstić information content (AvgIpc) is 2.83. The molecule has 0 aromatic heterocycles. The number of carbonyl (C=O) groups is 2. The summed E-state index contributed by atoms with van der Waals surface area (Å²) in [5.41, 5.74) is 6.34. The van der Waals surface area contributed by atoms with Crippen LogP contribution in [0.2, 0.25) is 0 Å². The molecule has 0 saturated heterocycles. The van der Waals surface area contributed by atoms with E-state index in [1.165, 1.54) is 5.56 Å². The Labute approximate surface area is 193 Å². The van der Waals surface area contributed by atoms with Gasteiger partial charge in [-0.2, -0.15) is 5.10 Å². The highest BCUT2D eigenvalue weighted by molar-refractivity contribution is 6.39. The fourth-order valence-electron chi connectivity index (χ4n) is 2.92. The van der Waals surface area contributed by atoms with E-state index in [4.69, 9.17) is 9.47 Å². The van der Waals surface area contributed by atoms with Gasteiger partial charge in [-0.3, -0.25) is 9.59 Å². The van der Waals surface area contributed by atoms with E-state index in [2.05, 4.69) is 15.8 Å². The number of benzene rings is 3. The highest BCUT2D eigenvalue weighted by atomic mass is 16.5. The van der Waals surface area contributed by atoms with Crippen LogP contribution in [-0.4, -0.2) is 24.1 Å². The van der Waals surface area contributed by atoms with Crippen molar-refractivity contribution in [2.24, 2.45) is 5.10 Å². The molecule has 0 bridgehead atoms. The van der Waals surface area contributed by atoms with Gasteiger partial charge >= 0.3 is 11.8 Å². The van der Waals surface area contributed by atoms with Crippen LogP contribution < -0.4 is 20.2 Å². The molecule has 0 unspecified atom stereocenters. The minimum atomic E-state index is -0.876. The first kappa shape index (κ1) is 23.5. The Hall–Kier alpha value is -4.13. The third kappa shape index (κ3) is 6.93. The smallest absolute Gasteiger partial charge is 0.329 e. The van der Waals surface area contributed by atoms with Gasteiger partial charge < -0.3 is 14.8 Å². The lowest BCUT2D eigenvalue weighted by Gasteiger charge is -2.10. The van der Waals surface area contributed by atoms with Gasteiger partial charge in [0, 0.05) is 0 Å². The largest absolute Gasteiger partial charge is 0.492 e. The Balaban J connectivity index is 1.53. The monoisotopic (exact) mass is 445 g/mol. The molecule has 0 spiro atoms. The number of hydrogen-bond acceptors (Lipinski definition) is 5. The molecule has 170 valence electrons. The molecule has 0 radical (unpaired) electrons. The van der Waals surface area contributed by atoms with Crippen LogP contribution in [0.4, 0.5) is 5.69 Å². The molecule has 33 heavy (non-hydrogen) atoms. The van der Waals surface area contributed by atoms with E-state index in [-0.39, 0.29) is 0 Å². The zero-order chi connectivity index (χ0) is 23.6. The standard InChI is InChI=1S/C26H27N3O4/c1-4-32-24-8-6-5-7-23(24)27-25(30)26(31)29-28-19(3)21-13-15-22(16-14-21)33-17-20-11-9-18(2)10-12-20/h5-16H,4,17H2,1-3H3,(H,27,30)(H,29,31)/b28-19+. The fraction of sp³-hybridized carbons (Fsp3) is 0.192. The molecule has 3 aromatic carbocycles. The van der Waals surface area contributed by atoms with Crippen molar-refractivity contribution in [3.8, 4) is 11.5 Å². The zero-order valence-corrected chi connectivity index (χ0v) is 18.9. The van der Waals surface area contributed by atoms with Crippen molar-refractivity contribution in [3.63, 3.8) is 0 Å². The number of rotatable bonds is 8. The lowest BCUT2D eigenvalue weighted by atomic mass is 10.1. The summed E-state index contributed by atoms with van der Waals surface area (Å²) in [6.07, 6.45) is 0. The minimum absolute atomic E-state index is 0.418. The number of hydrogen-bond donors (Lipinski definition) is 2. The summed E-state index contributed by atoms with van der Waals surface area (Å²) in [4.78, 5) is 24.4. The van der Waals surface area contributed by atoms with E-state index >= 15 is 0 Å². The molecule has 2 N–H and O–H groups in total. The molecule has 0 saturated carbocycles. The van der Waals surface area contributed by atoms with Crippen molar-refractivity contribution < 1.29 is 19.1 Å². The van der Waals surface area contributed by atoms with E-state index in [9.17, 15) is 9.59 Å². The number of carbonyl (C=O) groups excluding carboxylic acids is 2. The van der Waals surface area contributed by atoms with Crippen LogP contribution in [0, 0.1) is 6.92 Å². The van der Waals surface area contributed by atoms with E-state index in [1.54, 1.807) is 31.2 Å². The maximum Gasteiger partial charge on any atom is 0.329 e. The van der Waals surface area contributed by atoms with Gasteiger partial charge in [0.2, 0.25) is 0 Å². The van der Waals surface area contributed by atoms with Gasteiger partial charge in [-0.1, -0.05) is 42.0 Å². The van der Waals surface area contributed by atoms with Crippen LogP contribution in [-0.2, 0) is 16.2 Å². The van der Waals surface area contributed by atoms with Crippen LogP contribution in [0.15, 0.2) is 77.9 Å². The molecular weight excluding hydrogens is 418 g/mol. The lowest BCUT2D eigenvalue weighted by Crippen LogP contribution is -2.33. The average molecular weight is 446 g/mol. The van der Waals surface area contributed by atoms with Gasteiger partial charge in [-0.05, 0) is 68.3 Å². The van der Waals surface area contributed by atoms with Crippen LogP contribution in [0.5, 0.6) is 11.5 Å². The number of anilines is 1. The number of aryl methyl sites for hydroxylation is 1. The number of para-hydroxylation sites is 2. The predicted molar refractivity (Wildman–Crippen MR) is 129 cm³/mol. The fourth-order valence-corrected chi connectivity index (χ4v) is 2.92. The third-order valence-electron chi connectivity index (χ3n) is 4.76. The molecule has 0 aliphatic heterocycles. The summed E-state index contributed by atoms with van der Waals surface area (Å²) < 4.78 is 11.3. The van der Waals surface area contributed by atoms with Gasteiger partial charge in [0.25, 0.3) is 0 Å². The van der Waals surface area contributed by atoms with Crippen molar-refractivity contribution in [1.82, 2.24) is 5.43 Å². The van der Waals surface area contributed by atoms with Crippen molar-refractivity contribution >= 4 is 23.2 Å². The Morgan fingerprint density at radius 1 is 0.879 bits per heavy atom. The molecule has 2 amide bonds. The second-order valence-corrected chi connectivity index (χ2v) is 7.32. The lowest BCUT2D eigenvalue weighted by molar-refractivity contribution is -0.136. The number of hydrazone groups is 1. The summed E-state index contributed by atoms with van der Waals surface area (Å²) in [6.45, 7) is 6.54. The van der Waals surface area contributed by atoms with E-state index < -0.39 is 11.8 Å². The van der Waals surface area contributed by atoms with E-state index in [0.29, 0.717) is 30.4 Å². The highest BCUT2D eigenvalue weighted by Crippen LogP contribution is 2.23. The van der Waals surface area contributed by atoms with Crippen LogP contribution in [0.3, 0.4) is 0 Å². The van der Waals surface area contributed by atoms with Gasteiger partial charge in [0.15, 0.2) is 0 Å². The van der Waals surface area contributed by atoms with Crippen molar-refractivity contribution in [1.29, 1.82) is 0 Å². The molecule has 3 aromatic rings. The van der Waals surface area contributed by atoms with E-state index in [1.807, 2.05) is 62.4 Å². The molecule has 0 aliphatic rings. The Kier molecular flexibility index (Phi) is 8.18. The Morgan fingerprint density at radius 3 is 2.27 bits per heavy atom. The molecule has 0 fully saturated rings. The number of nitrogens with zero attached hydrogens (tertiary/aromatic N) is 1. The maximum absolute atomic E-state index is 12.2. The summed E-state index contributed by atoms with van der Waals surface area (Å²) >= 11 is 0. The van der Waals surface area contributed by atoms with Crippen molar-refractivity contribution in [3.05, 3.63) is 89.5 Å². The first-order chi connectivity index (χ1) is 16.0. The predicted octanol–water partition coefficient (Wildman–Crippen LogP) is 4.45. The molecule has 0 heterocycles. The number of nitrogens with one attached hydrogen (secondary N) is 2. The zero-order valence-electron chi connectivity index (χ0n) is 18.9. The molecule has 0 aliphatic carbocycles. The van der Waals surface area contributed by atoms with Crippen LogP contribution >= 0.6 is 0 Å². The normalized spacial score (nSPS) is 10.9. The molecule has 3 rings (SSSR count). The first-order valence-electron chi connectivity index (χ1n) is 10.6. The van der Waals surface area contributed by atoms with Crippen molar-refractivity contribution in [2.75, 3.05) is 11.9 Å². The summed E-state index contributed by atoms with van der Waals surface area (Å²) in [5.74, 6) is -0.494. The first-order valence-corrected chi connectivity index (χ1v) is 10.6. The second kappa shape index (κ2) is 11.5. The Bertz CT molecular complexity index is 1120. The van der Waals surface area contributed by atoms with E-state index in [0.717, 1.165) is 16.9 Å². The number of ether oxygens (including phenoxy) is 2.